The van der Waals surface area contributed by atoms with E-state index in [4.69, 9.17) is 5.73 Å². The van der Waals surface area contributed by atoms with Crippen molar-refractivity contribution in [2.45, 2.75) is 25.6 Å². The van der Waals surface area contributed by atoms with Crippen LogP contribution >= 0.6 is 15.9 Å². The van der Waals surface area contributed by atoms with Crippen LogP contribution in [0.3, 0.4) is 0 Å². The maximum Gasteiger partial charge on any atom is 0.416 e. The number of rotatable bonds is 3. The van der Waals surface area contributed by atoms with Gasteiger partial charge in [0.25, 0.3) is 0 Å². The molecule has 2 rings (SSSR count). The maximum atomic E-state index is 13.1. The zero-order chi connectivity index (χ0) is 15.6. The molecule has 2 N–H and O–H groups in total. The Labute approximate surface area is 129 Å². The van der Waals surface area contributed by atoms with E-state index >= 15 is 0 Å². The van der Waals surface area contributed by atoms with Gasteiger partial charge in [0.15, 0.2) is 0 Å². The van der Waals surface area contributed by atoms with E-state index < -0.39 is 17.8 Å². The van der Waals surface area contributed by atoms with Crippen molar-refractivity contribution in [3.05, 3.63) is 63.4 Å². The zero-order valence-electron chi connectivity index (χ0n) is 11.3. The van der Waals surface area contributed by atoms with Crippen molar-refractivity contribution in [1.82, 2.24) is 4.98 Å². The van der Waals surface area contributed by atoms with E-state index in [2.05, 4.69) is 20.9 Å². The number of hydrogen-bond donors (Lipinski definition) is 1. The fourth-order valence-electron chi connectivity index (χ4n) is 2.05. The summed E-state index contributed by atoms with van der Waals surface area (Å²) in [6.07, 6.45) is -2.50. The molecule has 0 saturated heterocycles. The molecule has 2 aromatic rings. The van der Waals surface area contributed by atoms with E-state index in [1.807, 2.05) is 13.0 Å². The molecule has 0 radical (unpaired) electrons. The lowest BCUT2D eigenvalue weighted by Crippen LogP contribution is -2.19. The van der Waals surface area contributed by atoms with Crippen LogP contribution in [0.15, 0.2) is 41.0 Å². The molecule has 0 bridgehead atoms. The molecule has 1 aromatic carbocycles. The minimum atomic E-state index is -4.43. The number of nitrogens with zero attached hydrogens (tertiary/aromatic N) is 1. The standard InChI is InChI=1S/C15H14BrF3N2/c1-9-2-4-11(21-8-9)7-14(20)12-5-3-10(16)6-13(12)15(17,18)19/h2-6,8,14H,7,20H2,1H3. The largest absolute Gasteiger partial charge is 0.416 e. The van der Waals surface area contributed by atoms with Crippen LogP contribution in [0.4, 0.5) is 13.2 Å². The number of aromatic nitrogens is 1. The Morgan fingerprint density at radius 2 is 1.95 bits per heavy atom. The van der Waals surface area contributed by atoms with Gasteiger partial charge in [-0.25, -0.2) is 0 Å². The van der Waals surface area contributed by atoms with Gasteiger partial charge in [0, 0.05) is 28.8 Å². The van der Waals surface area contributed by atoms with Crippen molar-refractivity contribution in [1.29, 1.82) is 0 Å². The fraction of sp³-hybridized carbons (Fsp3) is 0.267. The smallest absolute Gasteiger partial charge is 0.324 e. The van der Waals surface area contributed by atoms with Gasteiger partial charge >= 0.3 is 6.18 Å². The second-order valence-corrected chi connectivity index (χ2v) is 5.78. The number of alkyl halides is 3. The van der Waals surface area contributed by atoms with Gasteiger partial charge in [-0.3, -0.25) is 4.98 Å². The predicted octanol–water partition coefficient (Wildman–Crippen LogP) is 4.41. The third-order valence-corrected chi connectivity index (χ3v) is 3.62. The topological polar surface area (TPSA) is 38.9 Å². The molecule has 6 heteroatoms. The highest BCUT2D eigenvalue weighted by molar-refractivity contribution is 9.10. The van der Waals surface area contributed by atoms with Crippen molar-refractivity contribution < 1.29 is 13.2 Å². The Balaban J connectivity index is 2.30. The highest BCUT2D eigenvalue weighted by Gasteiger charge is 2.34. The van der Waals surface area contributed by atoms with Gasteiger partial charge in [-0.05, 0) is 36.2 Å². The van der Waals surface area contributed by atoms with Crippen molar-refractivity contribution >= 4 is 15.9 Å². The van der Waals surface area contributed by atoms with Crippen LogP contribution in [0.1, 0.15) is 28.4 Å². The van der Waals surface area contributed by atoms with E-state index in [1.54, 1.807) is 18.3 Å². The van der Waals surface area contributed by atoms with Crippen molar-refractivity contribution in [2.75, 3.05) is 0 Å². The molecule has 0 aliphatic heterocycles. The molecule has 0 aliphatic rings. The van der Waals surface area contributed by atoms with Crippen LogP contribution in [-0.4, -0.2) is 4.98 Å². The number of hydrogen-bond acceptors (Lipinski definition) is 2. The number of nitrogens with two attached hydrogens (primary N) is 1. The van der Waals surface area contributed by atoms with E-state index in [0.29, 0.717) is 10.2 Å². The van der Waals surface area contributed by atoms with Crippen LogP contribution < -0.4 is 5.73 Å². The summed E-state index contributed by atoms with van der Waals surface area (Å²) in [5.41, 5.74) is 6.99. The van der Waals surface area contributed by atoms with E-state index in [0.717, 1.165) is 11.6 Å². The summed E-state index contributed by atoms with van der Waals surface area (Å²) in [6, 6.07) is 6.91. The summed E-state index contributed by atoms with van der Waals surface area (Å²) in [5.74, 6) is 0. The van der Waals surface area contributed by atoms with Gasteiger partial charge in [0.05, 0.1) is 5.56 Å². The first-order chi connectivity index (χ1) is 9.77. The molecule has 21 heavy (non-hydrogen) atoms. The highest BCUT2D eigenvalue weighted by Crippen LogP contribution is 2.36. The molecule has 112 valence electrons. The monoisotopic (exact) mass is 358 g/mol. The van der Waals surface area contributed by atoms with Crippen molar-refractivity contribution in [2.24, 2.45) is 5.73 Å². The average molecular weight is 359 g/mol. The second kappa shape index (κ2) is 6.15. The normalized spacial score (nSPS) is 13.2. The van der Waals surface area contributed by atoms with Gasteiger partial charge in [0.2, 0.25) is 0 Å². The Morgan fingerprint density at radius 3 is 2.52 bits per heavy atom. The zero-order valence-corrected chi connectivity index (χ0v) is 12.9. The Kier molecular flexibility index (Phi) is 4.68. The highest BCUT2D eigenvalue weighted by atomic mass is 79.9. The first-order valence-corrected chi connectivity index (χ1v) is 7.10. The van der Waals surface area contributed by atoms with Gasteiger partial charge in [-0.2, -0.15) is 13.2 Å². The first-order valence-electron chi connectivity index (χ1n) is 6.31. The molecular formula is C15H14BrF3N2. The molecule has 2 nitrogen and oxygen atoms in total. The third kappa shape index (κ3) is 4.04. The van der Waals surface area contributed by atoms with Gasteiger partial charge in [-0.15, -0.1) is 0 Å². The minimum Gasteiger partial charge on any atom is -0.324 e. The Morgan fingerprint density at radius 1 is 1.24 bits per heavy atom. The van der Waals surface area contributed by atoms with Crippen LogP contribution in [0.25, 0.3) is 0 Å². The maximum absolute atomic E-state index is 13.1. The van der Waals surface area contributed by atoms with Gasteiger partial charge < -0.3 is 5.73 Å². The molecule has 0 spiro atoms. The van der Waals surface area contributed by atoms with Crippen LogP contribution in [0.5, 0.6) is 0 Å². The summed E-state index contributed by atoms with van der Waals surface area (Å²) in [4.78, 5) is 4.18. The molecule has 0 aliphatic carbocycles. The molecule has 1 unspecified atom stereocenters. The lowest BCUT2D eigenvalue weighted by molar-refractivity contribution is -0.138. The summed E-state index contributed by atoms with van der Waals surface area (Å²) in [6.45, 7) is 1.90. The SMILES string of the molecule is Cc1ccc(CC(N)c2ccc(Br)cc2C(F)(F)F)nc1. The number of halogens is 4. The van der Waals surface area contributed by atoms with Crippen LogP contribution in [-0.2, 0) is 12.6 Å². The van der Waals surface area contributed by atoms with Gasteiger partial charge in [0.1, 0.15) is 0 Å². The van der Waals surface area contributed by atoms with Crippen molar-refractivity contribution in [3.8, 4) is 0 Å². The summed E-state index contributed by atoms with van der Waals surface area (Å²) in [5, 5.41) is 0. The lowest BCUT2D eigenvalue weighted by atomic mass is 9.97. The minimum absolute atomic E-state index is 0.0769. The van der Waals surface area contributed by atoms with Crippen LogP contribution in [0, 0.1) is 6.92 Å². The number of aryl methyl sites for hydroxylation is 1. The van der Waals surface area contributed by atoms with Crippen LogP contribution in [0.2, 0.25) is 0 Å². The number of benzene rings is 1. The lowest BCUT2D eigenvalue weighted by Gasteiger charge is -2.18. The number of pyridine rings is 1. The Hall–Kier alpha value is -1.40. The van der Waals surface area contributed by atoms with E-state index in [1.165, 1.54) is 6.07 Å². The molecule has 1 aromatic heterocycles. The predicted molar refractivity (Wildman–Crippen MR) is 78.8 cm³/mol. The summed E-state index contributed by atoms with van der Waals surface area (Å²) < 4.78 is 39.6. The summed E-state index contributed by atoms with van der Waals surface area (Å²) >= 11 is 3.06. The summed E-state index contributed by atoms with van der Waals surface area (Å²) in [7, 11) is 0. The van der Waals surface area contributed by atoms with Crippen molar-refractivity contribution in [3.63, 3.8) is 0 Å². The van der Waals surface area contributed by atoms with E-state index in [9.17, 15) is 13.2 Å². The quantitative estimate of drug-likeness (QED) is 0.882. The molecule has 1 heterocycles. The third-order valence-electron chi connectivity index (χ3n) is 3.12. The second-order valence-electron chi connectivity index (χ2n) is 4.87. The fourth-order valence-corrected chi connectivity index (χ4v) is 2.41. The van der Waals surface area contributed by atoms with Gasteiger partial charge in [-0.1, -0.05) is 28.1 Å². The Bertz CT molecular complexity index is 624. The molecule has 1 atom stereocenters. The molecular weight excluding hydrogens is 345 g/mol. The first kappa shape index (κ1) is 16.0. The average Bonchev–Trinajstić information content (AvgIpc) is 2.40. The molecule has 0 saturated carbocycles. The molecule has 0 amide bonds. The molecule has 0 fully saturated rings. The van der Waals surface area contributed by atoms with E-state index in [-0.39, 0.29) is 12.0 Å².